The van der Waals surface area contributed by atoms with Crippen LogP contribution in [-0.4, -0.2) is 41.7 Å². The monoisotopic (exact) mass is 641 g/mol. The first kappa shape index (κ1) is 28.1. The molecule has 0 spiro atoms. The molecule has 36 heavy (non-hydrogen) atoms. The maximum atomic E-state index is 13.4. The SMILES string of the molecule is COc1cc(C=Nn2c(C(C)(C)C)nc3ccc(Br)cc3c2=O)c(Br)c(Cl)c1OCC(=O)OC(C)C. The molecular weight excluding hydrogens is 618 g/mol. The first-order chi connectivity index (χ1) is 16.8. The second-order valence-electron chi connectivity index (χ2n) is 9.16. The van der Waals surface area contributed by atoms with Crippen LogP contribution in [0.5, 0.6) is 11.5 Å². The number of ether oxygens (including phenoxy) is 3. The van der Waals surface area contributed by atoms with Gasteiger partial charge in [-0.1, -0.05) is 48.3 Å². The lowest BCUT2D eigenvalue weighted by molar-refractivity contribution is -0.149. The molecule has 3 aromatic rings. The summed E-state index contributed by atoms with van der Waals surface area (Å²) in [6.45, 7) is 9.02. The molecule has 0 aliphatic carbocycles. The van der Waals surface area contributed by atoms with Crippen molar-refractivity contribution in [1.29, 1.82) is 0 Å². The number of methoxy groups -OCH3 is 1. The molecule has 192 valence electrons. The zero-order valence-electron chi connectivity index (χ0n) is 20.7. The molecule has 1 heterocycles. The summed E-state index contributed by atoms with van der Waals surface area (Å²) in [7, 11) is 1.45. The summed E-state index contributed by atoms with van der Waals surface area (Å²) in [5.74, 6) is 0.422. The third kappa shape index (κ3) is 6.27. The summed E-state index contributed by atoms with van der Waals surface area (Å²) >= 11 is 13.4. The highest BCUT2D eigenvalue weighted by atomic mass is 79.9. The smallest absolute Gasteiger partial charge is 0.344 e. The van der Waals surface area contributed by atoms with Crippen LogP contribution in [0.25, 0.3) is 10.9 Å². The fourth-order valence-corrected chi connectivity index (χ4v) is 4.29. The minimum absolute atomic E-state index is 0.175. The van der Waals surface area contributed by atoms with Gasteiger partial charge in [-0.25, -0.2) is 9.78 Å². The van der Waals surface area contributed by atoms with Crippen molar-refractivity contribution in [2.45, 2.75) is 46.1 Å². The van der Waals surface area contributed by atoms with E-state index in [1.807, 2.05) is 26.8 Å². The van der Waals surface area contributed by atoms with Crippen LogP contribution in [0.4, 0.5) is 0 Å². The molecule has 0 radical (unpaired) electrons. The van der Waals surface area contributed by atoms with E-state index in [1.165, 1.54) is 18.0 Å². The molecule has 0 N–H and O–H groups in total. The number of carbonyl (C=O) groups excluding carboxylic acids is 1. The van der Waals surface area contributed by atoms with Crippen molar-refractivity contribution in [2.24, 2.45) is 5.10 Å². The molecule has 8 nitrogen and oxygen atoms in total. The molecular formula is C25H26Br2ClN3O5. The van der Waals surface area contributed by atoms with Crippen molar-refractivity contribution < 1.29 is 19.0 Å². The van der Waals surface area contributed by atoms with Gasteiger partial charge in [-0.05, 0) is 54.0 Å². The average Bonchev–Trinajstić information content (AvgIpc) is 2.79. The second-order valence-corrected chi connectivity index (χ2v) is 11.2. The molecule has 0 unspecified atom stereocenters. The first-order valence-electron chi connectivity index (χ1n) is 11.0. The average molecular weight is 644 g/mol. The standard InChI is InChI=1S/C25H26Br2ClN3O5/c1-13(2)36-19(32)12-35-22-18(34-6)9-14(20(27)21(22)28)11-29-31-23(33)16-10-15(26)7-8-17(16)30-24(31)25(3,4)5/h7-11,13H,12H2,1-6H3. The minimum atomic E-state index is -0.533. The molecule has 0 fully saturated rings. The number of esters is 1. The van der Waals surface area contributed by atoms with Gasteiger partial charge in [0.1, 0.15) is 10.8 Å². The summed E-state index contributed by atoms with van der Waals surface area (Å²) in [5.41, 5.74) is 0.338. The van der Waals surface area contributed by atoms with Crippen LogP contribution in [0.3, 0.4) is 0 Å². The quantitative estimate of drug-likeness (QED) is 0.229. The van der Waals surface area contributed by atoms with E-state index in [9.17, 15) is 9.59 Å². The van der Waals surface area contributed by atoms with Crippen LogP contribution < -0.4 is 15.0 Å². The lowest BCUT2D eigenvalue weighted by Gasteiger charge is -2.21. The molecule has 1 aromatic heterocycles. The van der Waals surface area contributed by atoms with Crippen molar-refractivity contribution >= 4 is 66.5 Å². The van der Waals surface area contributed by atoms with Crippen LogP contribution in [0, 0.1) is 0 Å². The number of hydrogen-bond donors (Lipinski definition) is 0. The Morgan fingerprint density at radius 1 is 1.25 bits per heavy atom. The lowest BCUT2D eigenvalue weighted by atomic mass is 9.95. The van der Waals surface area contributed by atoms with E-state index in [-0.39, 0.29) is 34.8 Å². The maximum absolute atomic E-state index is 13.4. The predicted molar refractivity (Wildman–Crippen MR) is 148 cm³/mol. The third-order valence-electron chi connectivity index (χ3n) is 4.87. The summed E-state index contributed by atoms with van der Waals surface area (Å²) in [5, 5.41) is 5.09. The van der Waals surface area contributed by atoms with Gasteiger partial charge >= 0.3 is 5.97 Å². The molecule has 0 aliphatic heterocycles. The fourth-order valence-electron chi connectivity index (χ4n) is 3.27. The summed E-state index contributed by atoms with van der Waals surface area (Å²) in [4.78, 5) is 30.0. The summed E-state index contributed by atoms with van der Waals surface area (Å²) < 4.78 is 18.6. The molecule has 0 saturated heterocycles. The molecule has 0 amide bonds. The first-order valence-corrected chi connectivity index (χ1v) is 12.9. The van der Waals surface area contributed by atoms with Gasteiger partial charge in [0.25, 0.3) is 5.56 Å². The zero-order valence-corrected chi connectivity index (χ0v) is 24.6. The predicted octanol–water partition coefficient (Wildman–Crippen LogP) is 6.09. The normalized spacial score (nSPS) is 11.9. The van der Waals surface area contributed by atoms with E-state index >= 15 is 0 Å². The van der Waals surface area contributed by atoms with E-state index in [4.69, 9.17) is 30.8 Å². The molecule has 0 bridgehead atoms. The van der Waals surface area contributed by atoms with Gasteiger partial charge in [0, 0.05) is 19.9 Å². The van der Waals surface area contributed by atoms with Crippen molar-refractivity contribution in [3.63, 3.8) is 0 Å². The number of aromatic nitrogens is 2. The van der Waals surface area contributed by atoms with Crippen molar-refractivity contribution in [1.82, 2.24) is 9.66 Å². The zero-order chi connectivity index (χ0) is 26.8. The van der Waals surface area contributed by atoms with Crippen LogP contribution in [0.15, 0.2) is 43.1 Å². The highest BCUT2D eigenvalue weighted by molar-refractivity contribution is 9.10. The van der Waals surface area contributed by atoms with Gasteiger partial charge in [0.15, 0.2) is 18.1 Å². The van der Waals surface area contributed by atoms with Crippen molar-refractivity contribution in [3.8, 4) is 11.5 Å². The van der Waals surface area contributed by atoms with E-state index < -0.39 is 11.4 Å². The van der Waals surface area contributed by atoms with Crippen molar-refractivity contribution in [2.75, 3.05) is 13.7 Å². The van der Waals surface area contributed by atoms with Crippen LogP contribution in [-0.2, 0) is 14.9 Å². The largest absolute Gasteiger partial charge is 0.493 e. The number of rotatable bonds is 7. The highest BCUT2D eigenvalue weighted by Gasteiger charge is 2.23. The Morgan fingerprint density at radius 2 is 1.94 bits per heavy atom. The Bertz CT molecular complexity index is 1400. The Balaban J connectivity index is 2.07. The Kier molecular flexibility index (Phi) is 8.84. The van der Waals surface area contributed by atoms with Gasteiger partial charge in [-0.15, -0.1) is 0 Å². The Hall–Kier alpha value is -2.43. The van der Waals surface area contributed by atoms with Crippen LogP contribution >= 0.6 is 43.5 Å². The number of carbonyl (C=O) groups is 1. The number of fused-ring (bicyclic) bond motifs is 1. The topological polar surface area (TPSA) is 92.0 Å². The third-order valence-corrected chi connectivity index (χ3v) is 6.81. The lowest BCUT2D eigenvalue weighted by Crippen LogP contribution is -2.29. The molecule has 2 aromatic carbocycles. The van der Waals surface area contributed by atoms with Gasteiger partial charge in [-0.3, -0.25) is 4.79 Å². The van der Waals surface area contributed by atoms with E-state index in [0.717, 1.165) is 4.47 Å². The van der Waals surface area contributed by atoms with E-state index in [2.05, 4.69) is 37.0 Å². The summed E-state index contributed by atoms with van der Waals surface area (Å²) in [6, 6.07) is 6.98. The van der Waals surface area contributed by atoms with Crippen LogP contribution in [0.2, 0.25) is 5.02 Å². The number of nitrogens with zero attached hydrogens (tertiary/aromatic N) is 3. The number of halogens is 3. The molecule has 11 heteroatoms. The van der Waals surface area contributed by atoms with Gasteiger partial charge < -0.3 is 14.2 Å². The van der Waals surface area contributed by atoms with Gasteiger partial charge in [-0.2, -0.15) is 9.78 Å². The maximum Gasteiger partial charge on any atom is 0.344 e. The van der Waals surface area contributed by atoms with Crippen LogP contribution in [0.1, 0.15) is 46.0 Å². The Labute approximate surface area is 230 Å². The molecule has 3 rings (SSSR count). The molecule has 0 aliphatic rings. The van der Waals surface area contributed by atoms with Gasteiger partial charge in [0.05, 0.1) is 30.3 Å². The van der Waals surface area contributed by atoms with Crippen molar-refractivity contribution in [3.05, 3.63) is 60.0 Å². The Morgan fingerprint density at radius 3 is 2.56 bits per heavy atom. The fraction of sp³-hybridized carbons (Fsp3) is 0.360. The number of benzene rings is 2. The molecule has 0 saturated carbocycles. The molecule has 0 atom stereocenters. The van der Waals surface area contributed by atoms with E-state index in [1.54, 1.807) is 32.0 Å². The van der Waals surface area contributed by atoms with Gasteiger partial charge in [0.2, 0.25) is 0 Å². The highest BCUT2D eigenvalue weighted by Crippen LogP contribution is 2.42. The minimum Gasteiger partial charge on any atom is -0.493 e. The van der Waals surface area contributed by atoms with E-state index in [0.29, 0.717) is 26.8 Å². The number of hydrogen-bond acceptors (Lipinski definition) is 7. The second kappa shape index (κ2) is 11.3. The summed E-state index contributed by atoms with van der Waals surface area (Å²) in [6.07, 6.45) is 1.22.